The number of imide groups is 1. The molecule has 2 aromatic rings. The molecule has 9 heteroatoms. The van der Waals surface area contributed by atoms with Gasteiger partial charge in [0.2, 0.25) is 5.76 Å². The number of aromatic nitrogens is 2. The van der Waals surface area contributed by atoms with Gasteiger partial charge in [0.1, 0.15) is 5.76 Å². The Kier molecular flexibility index (Phi) is 5.72. The van der Waals surface area contributed by atoms with E-state index in [1.165, 1.54) is 6.07 Å². The molecule has 2 aromatic heterocycles. The van der Waals surface area contributed by atoms with Gasteiger partial charge in [-0.3, -0.25) is 14.8 Å². The summed E-state index contributed by atoms with van der Waals surface area (Å²) in [5.41, 5.74) is 0. The molecule has 0 aliphatic rings. The Labute approximate surface area is 138 Å². The fourth-order valence-corrected chi connectivity index (χ4v) is 1.79. The Bertz CT molecular complexity index is 705. The van der Waals surface area contributed by atoms with Crippen molar-refractivity contribution in [2.75, 3.05) is 6.61 Å². The summed E-state index contributed by atoms with van der Waals surface area (Å²) >= 11 is 0. The van der Waals surface area contributed by atoms with Crippen LogP contribution in [0.4, 0.5) is 4.79 Å². The molecule has 0 aromatic carbocycles. The smallest absolute Gasteiger partial charge is 0.374 e. The van der Waals surface area contributed by atoms with E-state index in [1.807, 2.05) is 5.32 Å². The molecular formula is C15H18N4O5. The second-order valence-electron chi connectivity index (χ2n) is 5.22. The summed E-state index contributed by atoms with van der Waals surface area (Å²) in [5.74, 6) is -1.03. The number of amides is 3. The summed E-state index contributed by atoms with van der Waals surface area (Å²) in [6.45, 7) is 3.29. The summed E-state index contributed by atoms with van der Waals surface area (Å²) in [6.07, 6.45) is 3.39. The molecule has 0 spiro atoms. The minimum atomic E-state index is -0.791. The lowest BCUT2D eigenvalue weighted by atomic mass is 10.4. The first-order valence-electron chi connectivity index (χ1n) is 7.27. The molecule has 0 aliphatic heterocycles. The number of hydrogen-bond acceptors (Lipinski definition) is 6. The third kappa shape index (κ3) is 5.27. The van der Waals surface area contributed by atoms with Crippen molar-refractivity contribution in [3.63, 3.8) is 0 Å². The second kappa shape index (κ2) is 7.95. The first-order chi connectivity index (χ1) is 11.4. The van der Waals surface area contributed by atoms with E-state index in [4.69, 9.17) is 9.15 Å². The normalized spacial score (nSPS) is 10.5. The van der Waals surface area contributed by atoms with Crippen molar-refractivity contribution >= 4 is 17.9 Å². The van der Waals surface area contributed by atoms with E-state index in [2.05, 4.69) is 10.4 Å². The summed E-state index contributed by atoms with van der Waals surface area (Å²) < 4.78 is 11.8. The van der Waals surface area contributed by atoms with Crippen LogP contribution >= 0.6 is 0 Å². The minimum absolute atomic E-state index is 0.0309. The zero-order valence-corrected chi connectivity index (χ0v) is 13.3. The Balaban J connectivity index is 1.79. The molecule has 0 aliphatic carbocycles. The van der Waals surface area contributed by atoms with E-state index in [-0.39, 0.29) is 11.8 Å². The van der Waals surface area contributed by atoms with Gasteiger partial charge in [0.25, 0.3) is 5.91 Å². The Hall–Kier alpha value is -3.10. The van der Waals surface area contributed by atoms with Crippen molar-refractivity contribution in [2.24, 2.45) is 0 Å². The molecule has 2 heterocycles. The number of rotatable bonds is 6. The maximum atomic E-state index is 11.8. The molecule has 0 saturated heterocycles. The highest BCUT2D eigenvalue weighted by molar-refractivity contribution is 5.96. The average Bonchev–Trinajstić information content (AvgIpc) is 3.16. The van der Waals surface area contributed by atoms with Crippen LogP contribution in [0.1, 0.15) is 30.2 Å². The second-order valence-corrected chi connectivity index (χ2v) is 5.22. The first kappa shape index (κ1) is 17.3. The molecule has 24 heavy (non-hydrogen) atoms. The lowest BCUT2D eigenvalue weighted by Gasteiger charge is -2.09. The van der Waals surface area contributed by atoms with Crippen LogP contribution in [0.15, 0.2) is 35.0 Å². The van der Waals surface area contributed by atoms with Gasteiger partial charge in [0.15, 0.2) is 6.61 Å². The Morgan fingerprint density at radius 1 is 1.33 bits per heavy atom. The van der Waals surface area contributed by atoms with Crippen LogP contribution in [0.3, 0.4) is 0 Å². The molecule has 2 N–H and O–H groups in total. The molecule has 0 fully saturated rings. The fourth-order valence-electron chi connectivity index (χ4n) is 1.79. The van der Waals surface area contributed by atoms with Crippen molar-refractivity contribution < 1.29 is 23.5 Å². The van der Waals surface area contributed by atoms with E-state index in [1.54, 1.807) is 43.1 Å². The van der Waals surface area contributed by atoms with Gasteiger partial charge in [-0.15, -0.1) is 0 Å². The Morgan fingerprint density at radius 3 is 2.79 bits per heavy atom. The number of carbonyl (C=O) groups excluding carboxylic acids is 3. The van der Waals surface area contributed by atoms with Gasteiger partial charge in [-0.1, -0.05) is 0 Å². The average molecular weight is 334 g/mol. The van der Waals surface area contributed by atoms with E-state index >= 15 is 0 Å². The Morgan fingerprint density at radius 2 is 2.12 bits per heavy atom. The molecule has 0 bridgehead atoms. The maximum absolute atomic E-state index is 11.8. The van der Waals surface area contributed by atoms with Crippen LogP contribution in [-0.4, -0.2) is 40.3 Å². The van der Waals surface area contributed by atoms with Crippen molar-refractivity contribution in [2.45, 2.75) is 26.4 Å². The number of hydrogen-bond donors (Lipinski definition) is 2. The number of furan rings is 1. The SMILES string of the molecule is CC(C)NC(=O)NC(=O)COC(=O)c1ccc(Cn2cccn2)o1. The molecule has 0 saturated carbocycles. The highest BCUT2D eigenvalue weighted by Gasteiger charge is 2.16. The van der Waals surface area contributed by atoms with Gasteiger partial charge in [0.05, 0.1) is 6.54 Å². The van der Waals surface area contributed by atoms with Crippen LogP contribution in [0, 0.1) is 0 Å². The van der Waals surface area contributed by atoms with Gasteiger partial charge >= 0.3 is 12.0 Å². The van der Waals surface area contributed by atoms with Crippen molar-refractivity contribution in [3.05, 3.63) is 42.1 Å². The predicted molar refractivity (Wildman–Crippen MR) is 82.1 cm³/mol. The van der Waals surface area contributed by atoms with Crippen molar-refractivity contribution in [1.82, 2.24) is 20.4 Å². The monoisotopic (exact) mass is 334 g/mol. The molecular weight excluding hydrogens is 316 g/mol. The van der Waals surface area contributed by atoms with Crippen molar-refractivity contribution in [1.29, 1.82) is 0 Å². The largest absolute Gasteiger partial charge is 0.452 e. The van der Waals surface area contributed by atoms with Crippen LogP contribution in [0.5, 0.6) is 0 Å². The molecule has 2 rings (SSSR count). The zero-order chi connectivity index (χ0) is 17.5. The maximum Gasteiger partial charge on any atom is 0.374 e. The third-order valence-electron chi connectivity index (χ3n) is 2.75. The standard InChI is InChI=1S/C15H18N4O5/c1-10(2)17-15(22)18-13(20)9-23-14(21)12-5-4-11(24-12)8-19-7-3-6-16-19/h3-7,10H,8-9H2,1-2H3,(H2,17,18,20,22). The van der Waals surface area contributed by atoms with Gasteiger partial charge in [0, 0.05) is 18.4 Å². The van der Waals surface area contributed by atoms with Crippen LogP contribution < -0.4 is 10.6 Å². The van der Waals surface area contributed by atoms with Crippen LogP contribution in [0.2, 0.25) is 0 Å². The highest BCUT2D eigenvalue weighted by atomic mass is 16.5. The van der Waals surface area contributed by atoms with Crippen LogP contribution in [-0.2, 0) is 16.1 Å². The molecule has 0 unspecified atom stereocenters. The summed E-state index contributed by atoms with van der Waals surface area (Å²) in [5, 5.41) is 8.55. The molecule has 0 atom stereocenters. The van der Waals surface area contributed by atoms with Crippen LogP contribution in [0.25, 0.3) is 0 Å². The number of esters is 1. The molecule has 9 nitrogen and oxygen atoms in total. The lowest BCUT2D eigenvalue weighted by Crippen LogP contribution is -2.44. The van der Waals surface area contributed by atoms with Gasteiger partial charge in [-0.25, -0.2) is 9.59 Å². The fraction of sp³-hybridized carbons (Fsp3) is 0.333. The predicted octanol–water partition coefficient (Wildman–Crippen LogP) is 0.915. The van der Waals surface area contributed by atoms with E-state index < -0.39 is 24.5 Å². The van der Waals surface area contributed by atoms with Gasteiger partial charge < -0.3 is 14.5 Å². The third-order valence-corrected chi connectivity index (χ3v) is 2.75. The van der Waals surface area contributed by atoms with Crippen molar-refractivity contribution in [3.8, 4) is 0 Å². The van der Waals surface area contributed by atoms with E-state index in [9.17, 15) is 14.4 Å². The minimum Gasteiger partial charge on any atom is -0.452 e. The van der Waals surface area contributed by atoms with E-state index in [0.717, 1.165) is 0 Å². The molecule has 128 valence electrons. The summed E-state index contributed by atoms with van der Waals surface area (Å²) in [4.78, 5) is 34.6. The molecule has 0 radical (unpaired) electrons. The quantitative estimate of drug-likeness (QED) is 0.759. The lowest BCUT2D eigenvalue weighted by molar-refractivity contribution is -0.123. The number of urea groups is 1. The van der Waals surface area contributed by atoms with E-state index in [0.29, 0.717) is 12.3 Å². The number of carbonyl (C=O) groups is 3. The number of ether oxygens (including phenoxy) is 1. The van der Waals surface area contributed by atoms with Gasteiger partial charge in [-0.05, 0) is 32.0 Å². The first-order valence-corrected chi connectivity index (χ1v) is 7.27. The zero-order valence-electron chi connectivity index (χ0n) is 13.3. The topological polar surface area (TPSA) is 115 Å². The number of nitrogens with one attached hydrogen (secondary N) is 2. The summed E-state index contributed by atoms with van der Waals surface area (Å²) in [6, 6.07) is 4.08. The molecule has 3 amide bonds. The van der Waals surface area contributed by atoms with Gasteiger partial charge in [-0.2, -0.15) is 5.10 Å². The highest BCUT2D eigenvalue weighted by Crippen LogP contribution is 2.10. The summed E-state index contributed by atoms with van der Waals surface area (Å²) in [7, 11) is 0. The number of nitrogens with zero attached hydrogens (tertiary/aromatic N) is 2.